The molecule has 1 N–H and O–H groups in total. The van der Waals surface area contributed by atoms with E-state index in [-0.39, 0.29) is 0 Å². The number of rotatable bonds is 3. The lowest BCUT2D eigenvalue weighted by Gasteiger charge is -1.91. The van der Waals surface area contributed by atoms with E-state index in [1.54, 1.807) is 11.0 Å². The number of hydrogen-bond acceptors (Lipinski definition) is 3. The summed E-state index contributed by atoms with van der Waals surface area (Å²) >= 11 is 0. The van der Waals surface area contributed by atoms with Crippen LogP contribution in [0.1, 0.15) is 5.82 Å². The van der Waals surface area contributed by atoms with Gasteiger partial charge in [0.2, 0.25) is 0 Å². The van der Waals surface area contributed by atoms with E-state index < -0.39 is 0 Å². The Morgan fingerprint density at radius 3 is 3.00 bits per heavy atom. The van der Waals surface area contributed by atoms with Crippen LogP contribution in [0.25, 0.3) is 0 Å². The Balaban J connectivity index is 2.42. The van der Waals surface area contributed by atoms with Crippen LogP contribution in [0.4, 0.5) is 0 Å². The Morgan fingerprint density at radius 1 is 1.70 bits per heavy atom. The van der Waals surface area contributed by atoms with E-state index in [4.69, 9.17) is 0 Å². The lowest BCUT2D eigenvalue weighted by atomic mass is 10.4. The quantitative estimate of drug-likeness (QED) is 0.620. The number of aromatic nitrogens is 3. The van der Waals surface area contributed by atoms with Crippen LogP contribution in [0.3, 0.4) is 0 Å². The van der Waals surface area contributed by atoms with Crippen LogP contribution in [-0.2, 0) is 13.5 Å². The first-order valence-electron chi connectivity index (χ1n) is 3.32. The summed E-state index contributed by atoms with van der Waals surface area (Å²) in [5.41, 5.74) is 0. The number of aryl methyl sites for hydroxylation is 1. The summed E-state index contributed by atoms with van der Waals surface area (Å²) in [4.78, 5) is 4.07. The average molecular weight is 140 g/mol. The molecule has 0 aliphatic carbocycles. The van der Waals surface area contributed by atoms with Crippen molar-refractivity contribution in [3.05, 3.63) is 12.2 Å². The molecule has 0 radical (unpaired) electrons. The third-order valence-electron chi connectivity index (χ3n) is 1.25. The first kappa shape index (κ1) is 7.21. The zero-order valence-corrected chi connectivity index (χ0v) is 6.33. The predicted octanol–water partition coefficient (Wildman–Crippen LogP) is -0.423. The lowest BCUT2D eigenvalue weighted by Crippen LogP contribution is -2.11. The van der Waals surface area contributed by atoms with Crippen LogP contribution in [0.15, 0.2) is 6.33 Å². The standard InChI is InChI=1S/C6H12N4/c1-7-4-3-6-8-5-10(2)9-6/h5,7H,3-4H2,1-2H3. The molecule has 0 amide bonds. The van der Waals surface area contributed by atoms with Gasteiger partial charge in [-0.05, 0) is 7.05 Å². The summed E-state index contributed by atoms with van der Waals surface area (Å²) in [6.45, 7) is 0.935. The van der Waals surface area contributed by atoms with Crippen molar-refractivity contribution < 1.29 is 0 Å². The molecule has 0 aliphatic heterocycles. The van der Waals surface area contributed by atoms with Crippen LogP contribution in [0, 0.1) is 0 Å². The highest BCUT2D eigenvalue weighted by Crippen LogP contribution is 1.86. The molecule has 0 saturated heterocycles. The number of nitrogens with zero attached hydrogens (tertiary/aromatic N) is 3. The van der Waals surface area contributed by atoms with Gasteiger partial charge in [0.15, 0.2) is 5.82 Å². The summed E-state index contributed by atoms with van der Waals surface area (Å²) in [5, 5.41) is 7.15. The van der Waals surface area contributed by atoms with Gasteiger partial charge in [0.25, 0.3) is 0 Å². The third-order valence-corrected chi connectivity index (χ3v) is 1.25. The highest BCUT2D eigenvalue weighted by molar-refractivity contribution is 4.81. The van der Waals surface area contributed by atoms with Crippen molar-refractivity contribution in [2.45, 2.75) is 6.42 Å². The topological polar surface area (TPSA) is 42.7 Å². The van der Waals surface area contributed by atoms with Gasteiger partial charge in [0.1, 0.15) is 6.33 Å². The van der Waals surface area contributed by atoms with E-state index >= 15 is 0 Å². The monoisotopic (exact) mass is 140 g/mol. The van der Waals surface area contributed by atoms with Crippen LogP contribution in [0.2, 0.25) is 0 Å². The maximum atomic E-state index is 4.11. The number of nitrogens with one attached hydrogen (secondary N) is 1. The molecular weight excluding hydrogens is 128 g/mol. The molecular formula is C6H12N4. The second kappa shape index (κ2) is 3.31. The lowest BCUT2D eigenvalue weighted by molar-refractivity contribution is 0.714. The minimum absolute atomic E-state index is 0.900. The van der Waals surface area contributed by atoms with Gasteiger partial charge in [-0.25, -0.2) is 4.98 Å². The van der Waals surface area contributed by atoms with E-state index in [0.29, 0.717) is 0 Å². The molecule has 10 heavy (non-hydrogen) atoms. The fraction of sp³-hybridized carbons (Fsp3) is 0.667. The van der Waals surface area contributed by atoms with E-state index in [9.17, 15) is 0 Å². The summed E-state index contributed by atoms with van der Waals surface area (Å²) in [6, 6.07) is 0. The molecule has 1 aromatic heterocycles. The molecule has 56 valence electrons. The molecule has 4 heteroatoms. The molecule has 0 atom stereocenters. The Bertz CT molecular complexity index is 193. The summed E-state index contributed by atoms with van der Waals surface area (Å²) in [6.07, 6.45) is 2.61. The van der Waals surface area contributed by atoms with Gasteiger partial charge in [0, 0.05) is 20.0 Å². The van der Waals surface area contributed by atoms with Gasteiger partial charge in [-0.15, -0.1) is 0 Å². The van der Waals surface area contributed by atoms with Crippen LogP contribution in [0.5, 0.6) is 0 Å². The van der Waals surface area contributed by atoms with Gasteiger partial charge in [-0.1, -0.05) is 0 Å². The first-order valence-corrected chi connectivity index (χ1v) is 3.32. The molecule has 1 aromatic rings. The van der Waals surface area contributed by atoms with E-state index in [1.807, 2.05) is 14.1 Å². The van der Waals surface area contributed by atoms with Gasteiger partial charge in [-0.2, -0.15) is 5.10 Å². The molecule has 0 aliphatic rings. The predicted molar refractivity (Wildman–Crippen MR) is 38.6 cm³/mol. The van der Waals surface area contributed by atoms with Crippen molar-refractivity contribution in [2.75, 3.05) is 13.6 Å². The molecule has 1 rings (SSSR count). The molecule has 0 spiro atoms. The molecule has 1 heterocycles. The maximum absolute atomic E-state index is 4.11. The van der Waals surface area contributed by atoms with Crippen molar-refractivity contribution in [3.63, 3.8) is 0 Å². The maximum Gasteiger partial charge on any atom is 0.151 e. The SMILES string of the molecule is CNCCc1ncn(C)n1. The zero-order valence-electron chi connectivity index (χ0n) is 6.33. The van der Waals surface area contributed by atoms with E-state index in [2.05, 4.69) is 15.4 Å². The molecule has 0 saturated carbocycles. The van der Waals surface area contributed by atoms with Crippen LogP contribution in [-0.4, -0.2) is 28.4 Å². The molecule has 4 nitrogen and oxygen atoms in total. The molecule has 0 unspecified atom stereocenters. The molecule has 0 aromatic carbocycles. The highest BCUT2D eigenvalue weighted by atomic mass is 15.3. The van der Waals surface area contributed by atoms with Gasteiger partial charge < -0.3 is 5.32 Å². The Morgan fingerprint density at radius 2 is 2.50 bits per heavy atom. The van der Waals surface area contributed by atoms with Crippen molar-refractivity contribution in [2.24, 2.45) is 7.05 Å². The first-order chi connectivity index (χ1) is 4.83. The fourth-order valence-corrected chi connectivity index (χ4v) is 0.735. The van der Waals surface area contributed by atoms with Crippen LogP contribution >= 0.6 is 0 Å². The van der Waals surface area contributed by atoms with Crippen molar-refractivity contribution in [1.82, 2.24) is 20.1 Å². The minimum Gasteiger partial charge on any atom is -0.319 e. The Hall–Kier alpha value is -0.900. The molecule has 0 bridgehead atoms. The minimum atomic E-state index is 0.900. The second-order valence-corrected chi connectivity index (χ2v) is 2.19. The smallest absolute Gasteiger partial charge is 0.151 e. The average Bonchev–Trinajstić information content (AvgIpc) is 2.31. The highest BCUT2D eigenvalue weighted by Gasteiger charge is 1.95. The zero-order chi connectivity index (χ0) is 7.40. The van der Waals surface area contributed by atoms with Gasteiger partial charge in [-0.3, -0.25) is 4.68 Å². The summed E-state index contributed by atoms with van der Waals surface area (Å²) < 4.78 is 1.71. The normalized spacial score (nSPS) is 10.2. The third kappa shape index (κ3) is 1.80. The number of hydrogen-bond donors (Lipinski definition) is 1. The Labute approximate surface area is 60.3 Å². The van der Waals surface area contributed by atoms with Gasteiger partial charge in [0.05, 0.1) is 0 Å². The largest absolute Gasteiger partial charge is 0.319 e. The van der Waals surface area contributed by atoms with Crippen molar-refractivity contribution >= 4 is 0 Å². The van der Waals surface area contributed by atoms with E-state index in [1.165, 1.54) is 0 Å². The summed E-state index contributed by atoms with van der Waals surface area (Å²) in [7, 11) is 3.79. The van der Waals surface area contributed by atoms with Crippen molar-refractivity contribution in [3.8, 4) is 0 Å². The van der Waals surface area contributed by atoms with Gasteiger partial charge >= 0.3 is 0 Å². The fourth-order valence-electron chi connectivity index (χ4n) is 0.735. The van der Waals surface area contributed by atoms with Crippen LogP contribution < -0.4 is 5.32 Å². The second-order valence-electron chi connectivity index (χ2n) is 2.19. The number of likely N-dealkylation sites (N-methyl/N-ethyl adjacent to an activating group) is 1. The van der Waals surface area contributed by atoms with Crippen molar-refractivity contribution in [1.29, 1.82) is 0 Å². The van der Waals surface area contributed by atoms with E-state index in [0.717, 1.165) is 18.8 Å². The summed E-state index contributed by atoms with van der Waals surface area (Å²) in [5.74, 6) is 0.900. The Kier molecular flexibility index (Phi) is 2.39. The molecule has 0 fully saturated rings.